The van der Waals surface area contributed by atoms with Crippen molar-refractivity contribution in [3.05, 3.63) is 0 Å². The minimum Gasteiger partial charge on any atom is -0.393 e. The number of piperidine rings is 4. The Morgan fingerprint density at radius 2 is 1.56 bits per heavy atom. The zero-order valence-corrected chi connectivity index (χ0v) is 11.3. The van der Waals surface area contributed by atoms with E-state index in [2.05, 4.69) is 9.80 Å². The van der Waals surface area contributed by atoms with Gasteiger partial charge in [0, 0.05) is 31.7 Å². The predicted octanol–water partition coefficient (Wildman–Crippen LogP) is 1.32. The van der Waals surface area contributed by atoms with E-state index < -0.39 is 0 Å². The Bertz CT molecular complexity index is 322. The van der Waals surface area contributed by atoms with Gasteiger partial charge in [-0.2, -0.15) is 0 Å². The Morgan fingerprint density at radius 3 is 2.44 bits per heavy atom. The lowest BCUT2D eigenvalue weighted by Gasteiger charge is -2.57. The van der Waals surface area contributed by atoms with E-state index in [0.717, 1.165) is 37.3 Å². The summed E-state index contributed by atoms with van der Waals surface area (Å²) in [7, 11) is 0. The molecule has 2 unspecified atom stereocenters. The fraction of sp³-hybridized carbons (Fsp3) is 1.00. The Balaban J connectivity index is 1.55. The van der Waals surface area contributed by atoms with Crippen molar-refractivity contribution in [1.29, 1.82) is 0 Å². The summed E-state index contributed by atoms with van der Waals surface area (Å²) in [5.41, 5.74) is 0. The molecular weight excluding hydrogens is 224 g/mol. The molecule has 4 saturated heterocycles. The van der Waals surface area contributed by atoms with E-state index in [9.17, 15) is 5.11 Å². The van der Waals surface area contributed by atoms with E-state index in [1.807, 2.05) is 0 Å². The molecule has 4 heterocycles. The zero-order chi connectivity index (χ0) is 12.1. The Kier molecular flexibility index (Phi) is 2.90. The molecule has 1 N–H and O–H groups in total. The van der Waals surface area contributed by atoms with E-state index in [0.29, 0.717) is 6.04 Å². The fourth-order valence-electron chi connectivity index (χ4n) is 5.22. The zero-order valence-electron chi connectivity index (χ0n) is 11.3. The third-order valence-electron chi connectivity index (χ3n) is 6.03. The van der Waals surface area contributed by atoms with Crippen molar-refractivity contribution >= 4 is 0 Å². The van der Waals surface area contributed by atoms with Crippen molar-refractivity contribution in [3.8, 4) is 0 Å². The first-order chi connectivity index (χ1) is 8.81. The van der Waals surface area contributed by atoms with Crippen molar-refractivity contribution in [3.63, 3.8) is 0 Å². The summed E-state index contributed by atoms with van der Waals surface area (Å²) in [6.45, 7) is 5.11. The molecule has 0 saturated carbocycles. The van der Waals surface area contributed by atoms with Gasteiger partial charge in [-0.15, -0.1) is 0 Å². The Morgan fingerprint density at radius 1 is 0.778 bits per heavy atom. The van der Waals surface area contributed by atoms with Crippen LogP contribution in [0.3, 0.4) is 0 Å². The molecule has 4 aliphatic rings. The van der Waals surface area contributed by atoms with E-state index in [-0.39, 0.29) is 6.10 Å². The number of aliphatic hydroxyl groups excluding tert-OH is 1. The lowest BCUT2D eigenvalue weighted by molar-refractivity contribution is -0.0900. The van der Waals surface area contributed by atoms with Crippen molar-refractivity contribution in [2.45, 2.75) is 56.7 Å². The van der Waals surface area contributed by atoms with Crippen molar-refractivity contribution in [2.24, 2.45) is 11.8 Å². The van der Waals surface area contributed by atoms with Gasteiger partial charge < -0.3 is 5.11 Å². The van der Waals surface area contributed by atoms with Crippen LogP contribution in [0.15, 0.2) is 0 Å². The smallest absolute Gasteiger partial charge is 0.0567 e. The molecule has 0 radical (unpaired) electrons. The van der Waals surface area contributed by atoms with E-state index in [1.165, 1.54) is 45.3 Å². The molecule has 18 heavy (non-hydrogen) atoms. The Hall–Kier alpha value is -0.120. The number of aliphatic hydroxyl groups is 1. The fourth-order valence-corrected chi connectivity index (χ4v) is 5.22. The summed E-state index contributed by atoms with van der Waals surface area (Å²) >= 11 is 0. The second-order valence-corrected chi connectivity index (χ2v) is 7.05. The lowest BCUT2D eigenvalue weighted by Crippen LogP contribution is -2.64. The van der Waals surface area contributed by atoms with E-state index in [4.69, 9.17) is 0 Å². The van der Waals surface area contributed by atoms with Crippen LogP contribution in [0.25, 0.3) is 0 Å². The summed E-state index contributed by atoms with van der Waals surface area (Å²) in [6, 6.07) is 1.58. The number of hydrogen-bond donors (Lipinski definition) is 1. The monoisotopic (exact) mass is 250 g/mol. The second kappa shape index (κ2) is 4.46. The third kappa shape index (κ3) is 1.83. The van der Waals surface area contributed by atoms with Gasteiger partial charge in [0.15, 0.2) is 0 Å². The summed E-state index contributed by atoms with van der Waals surface area (Å²) in [6.07, 6.45) is 7.76. The molecule has 0 aromatic carbocycles. The van der Waals surface area contributed by atoms with Crippen LogP contribution >= 0.6 is 0 Å². The van der Waals surface area contributed by atoms with Gasteiger partial charge in [-0.3, -0.25) is 9.80 Å². The molecular formula is C15H26N2O. The molecule has 4 fully saturated rings. The van der Waals surface area contributed by atoms with Crippen LogP contribution in [0, 0.1) is 11.8 Å². The maximum absolute atomic E-state index is 9.94. The van der Waals surface area contributed by atoms with Crippen LogP contribution in [0.1, 0.15) is 38.5 Å². The van der Waals surface area contributed by atoms with Gasteiger partial charge in [0.2, 0.25) is 0 Å². The van der Waals surface area contributed by atoms with Crippen LogP contribution in [0.4, 0.5) is 0 Å². The largest absolute Gasteiger partial charge is 0.393 e. The molecule has 4 rings (SSSR count). The first kappa shape index (κ1) is 11.7. The first-order valence-electron chi connectivity index (χ1n) is 7.97. The highest BCUT2D eigenvalue weighted by molar-refractivity contribution is 5.01. The van der Waals surface area contributed by atoms with E-state index in [1.54, 1.807) is 0 Å². The number of nitrogens with zero attached hydrogens (tertiary/aromatic N) is 2. The second-order valence-electron chi connectivity index (χ2n) is 7.05. The van der Waals surface area contributed by atoms with Crippen molar-refractivity contribution in [2.75, 3.05) is 26.2 Å². The van der Waals surface area contributed by atoms with Gasteiger partial charge in [0.1, 0.15) is 0 Å². The van der Waals surface area contributed by atoms with Crippen molar-refractivity contribution < 1.29 is 5.11 Å². The average molecular weight is 250 g/mol. The number of hydrogen-bond acceptors (Lipinski definition) is 3. The molecule has 4 aliphatic heterocycles. The van der Waals surface area contributed by atoms with Gasteiger partial charge in [0.25, 0.3) is 0 Å². The summed E-state index contributed by atoms with van der Waals surface area (Å²) in [5.74, 6) is 1.77. The van der Waals surface area contributed by atoms with Crippen LogP contribution < -0.4 is 0 Å². The highest BCUT2D eigenvalue weighted by Crippen LogP contribution is 2.42. The molecule has 2 bridgehead atoms. The topological polar surface area (TPSA) is 26.7 Å². The highest BCUT2D eigenvalue weighted by Gasteiger charge is 2.47. The molecule has 0 amide bonds. The van der Waals surface area contributed by atoms with Crippen LogP contribution in [-0.4, -0.2) is 59.3 Å². The molecule has 0 spiro atoms. The summed E-state index contributed by atoms with van der Waals surface area (Å²) in [4.78, 5) is 5.51. The Labute approximate surface area is 110 Å². The SMILES string of the molecule is O[C@@H]1CCN2CC3CC(CN4CCCC[C@H]34)[C@@H]2C1. The summed E-state index contributed by atoms with van der Waals surface area (Å²) < 4.78 is 0. The van der Waals surface area contributed by atoms with Gasteiger partial charge in [-0.05, 0) is 50.5 Å². The molecule has 3 heteroatoms. The van der Waals surface area contributed by atoms with E-state index >= 15 is 0 Å². The van der Waals surface area contributed by atoms with Crippen LogP contribution in [-0.2, 0) is 0 Å². The third-order valence-corrected chi connectivity index (χ3v) is 6.03. The van der Waals surface area contributed by atoms with Crippen molar-refractivity contribution in [1.82, 2.24) is 9.80 Å². The first-order valence-corrected chi connectivity index (χ1v) is 7.97. The number of fused-ring (bicyclic) bond motifs is 6. The maximum atomic E-state index is 9.94. The van der Waals surface area contributed by atoms with Gasteiger partial charge >= 0.3 is 0 Å². The molecule has 3 nitrogen and oxygen atoms in total. The molecule has 0 aliphatic carbocycles. The average Bonchev–Trinajstić information content (AvgIpc) is 2.40. The normalized spacial score (nSPS) is 49.5. The minimum atomic E-state index is -0.0260. The predicted molar refractivity (Wildman–Crippen MR) is 71.4 cm³/mol. The van der Waals surface area contributed by atoms with Crippen LogP contribution in [0.5, 0.6) is 0 Å². The van der Waals surface area contributed by atoms with Gasteiger partial charge in [-0.1, -0.05) is 6.42 Å². The maximum Gasteiger partial charge on any atom is 0.0567 e. The van der Waals surface area contributed by atoms with Crippen LogP contribution in [0.2, 0.25) is 0 Å². The minimum absolute atomic E-state index is 0.0260. The molecule has 0 aromatic heterocycles. The number of rotatable bonds is 0. The van der Waals surface area contributed by atoms with Gasteiger partial charge in [-0.25, -0.2) is 0 Å². The summed E-state index contributed by atoms with van der Waals surface area (Å²) in [5, 5.41) is 9.94. The standard InChI is InChI=1S/C15H26N2O/c18-13-4-6-17-9-11-7-12(15(17)8-13)10-16-5-2-1-3-14(11)16/h11-15,18H,1-10H2/t11?,12?,13-,14-,15+/m1/s1. The highest BCUT2D eigenvalue weighted by atomic mass is 16.3. The lowest BCUT2D eigenvalue weighted by atomic mass is 9.70. The quantitative estimate of drug-likeness (QED) is 0.702. The molecule has 102 valence electrons. The van der Waals surface area contributed by atoms with Gasteiger partial charge in [0.05, 0.1) is 6.10 Å². The molecule has 0 aromatic rings. The molecule has 5 atom stereocenters.